The highest BCUT2D eigenvalue weighted by molar-refractivity contribution is 5.89. The normalized spacial score (nSPS) is 17.6. The molecule has 0 bridgehead atoms. The van der Waals surface area contributed by atoms with Crippen LogP contribution in [0.2, 0.25) is 0 Å². The fourth-order valence-electron chi connectivity index (χ4n) is 3.31. The van der Waals surface area contributed by atoms with Crippen LogP contribution in [0.25, 0.3) is 22.3 Å². The van der Waals surface area contributed by atoms with Crippen molar-refractivity contribution in [3.8, 4) is 17.1 Å². The summed E-state index contributed by atoms with van der Waals surface area (Å²) in [5, 5.41) is 10.9. The molecule has 1 atom stereocenters. The summed E-state index contributed by atoms with van der Waals surface area (Å²) in [6, 6.07) is 11.7. The molecule has 1 aliphatic rings. The Morgan fingerprint density at radius 3 is 2.83 bits per heavy atom. The van der Waals surface area contributed by atoms with Crippen molar-refractivity contribution in [1.82, 2.24) is 4.98 Å². The molecule has 2 aromatic carbocycles. The highest BCUT2D eigenvalue weighted by Crippen LogP contribution is 2.31. The molecule has 122 valence electrons. The van der Waals surface area contributed by atoms with Gasteiger partial charge in [-0.25, -0.2) is 9.37 Å². The Morgan fingerprint density at radius 1 is 1.25 bits per heavy atom. The minimum Gasteiger partial charge on any atom is -0.507 e. The molecule has 0 amide bonds. The van der Waals surface area contributed by atoms with E-state index in [-0.39, 0.29) is 11.6 Å². The molecule has 4 rings (SSSR count). The molecule has 2 heterocycles. The maximum Gasteiger partial charge on any atom is 0.272 e. The van der Waals surface area contributed by atoms with Crippen molar-refractivity contribution in [2.24, 2.45) is 5.92 Å². The first-order chi connectivity index (χ1) is 11.6. The molecule has 2 N–H and O–H groups in total. The zero-order chi connectivity index (χ0) is 16.7. The monoisotopic (exact) mass is 324 g/mol. The quantitative estimate of drug-likeness (QED) is 0.786. The summed E-state index contributed by atoms with van der Waals surface area (Å²) in [4.78, 5) is 10.1. The van der Waals surface area contributed by atoms with Crippen molar-refractivity contribution < 1.29 is 14.5 Å². The van der Waals surface area contributed by atoms with Crippen LogP contribution in [0.15, 0.2) is 42.5 Å². The first-order valence-corrected chi connectivity index (χ1v) is 8.18. The number of aromatic amines is 1. The summed E-state index contributed by atoms with van der Waals surface area (Å²) < 4.78 is 13.8. The molecule has 0 aliphatic carbocycles. The van der Waals surface area contributed by atoms with Gasteiger partial charge in [-0.05, 0) is 42.7 Å². The summed E-state index contributed by atoms with van der Waals surface area (Å²) in [6.07, 6.45) is 1.11. The molecule has 1 aliphatic heterocycles. The maximum absolute atomic E-state index is 13.8. The van der Waals surface area contributed by atoms with Crippen LogP contribution >= 0.6 is 0 Å². The number of hydrogen-bond acceptors (Lipinski definition) is 3. The van der Waals surface area contributed by atoms with Crippen LogP contribution in [-0.4, -0.2) is 23.2 Å². The zero-order valence-corrected chi connectivity index (χ0v) is 13.5. The predicted molar refractivity (Wildman–Crippen MR) is 91.4 cm³/mol. The first kappa shape index (κ1) is 14.9. The van der Waals surface area contributed by atoms with E-state index in [0.717, 1.165) is 30.7 Å². The average Bonchev–Trinajstić information content (AvgIpc) is 3.01. The number of aromatic nitrogens is 2. The molecule has 0 spiro atoms. The number of rotatable bonds is 2. The minimum atomic E-state index is -0.276. The van der Waals surface area contributed by atoms with Gasteiger partial charge in [-0.15, -0.1) is 4.98 Å². The SMILES string of the molecule is C[C@@H]1CCN(c2[nH+]c(-c3ccccc3O)nc3ccc(F)cc23)C1. The molecule has 0 saturated carbocycles. The van der Waals surface area contributed by atoms with Crippen LogP contribution in [0.3, 0.4) is 0 Å². The molecular weight excluding hydrogens is 305 g/mol. The summed E-state index contributed by atoms with van der Waals surface area (Å²) in [5.41, 5.74) is 1.35. The molecule has 0 unspecified atom stereocenters. The van der Waals surface area contributed by atoms with E-state index in [2.05, 4.69) is 21.8 Å². The van der Waals surface area contributed by atoms with Crippen LogP contribution in [0.1, 0.15) is 13.3 Å². The van der Waals surface area contributed by atoms with E-state index in [1.807, 2.05) is 12.1 Å². The number of phenolic OH excluding ortho intramolecular Hbond substituents is 1. The van der Waals surface area contributed by atoms with Gasteiger partial charge in [-0.1, -0.05) is 19.1 Å². The molecule has 1 saturated heterocycles. The van der Waals surface area contributed by atoms with Gasteiger partial charge in [-0.2, -0.15) is 0 Å². The lowest BCUT2D eigenvalue weighted by molar-refractivity contribution is -0.352. The van der Waals surface area contributed by atoms with Crippen molar-refractivity contribution >= 4 is 16.7 Å². The second-order valence-corrected chi connectivity index (χ2v) is 6.45. The van der Waals surface area contributed by atoms with Gasteiger partial charge in [0, 0.05) is 0 Å². The van der Waals surface area contributed by atoms with Gasteiger partial charge < -0.3 is 5.11 Å². The van der Waals surface area contributed by atoms with Crippen LogP contribution in [0, 0.1) is 11.7 Å². The van der Waals surface area contributed by atoms with Gasteiger partial charge >= 0.3 is 0 Å². The number of anilines is 1. The Kier molecular flexibility index (Phi) is 3.56. The Balaban J connectivity index is 1.94. The largest absolute Gasteiger partial charge is 0.507 e. The topological polar surface area (TPSA) is 50.5 Å². The van der Waals surface area contributed by atoms with Gasteiger partial charge in [-0.3, -0.25) is 4.90 Å². The zero-order valence-electron chi connectivity index (χ0n) is 13.5. The molecule has 1 aromatic heterocycles. The summed E-state index contributed by atoms with van der Waals surface area (Å²) in [6.45, 7) is 4.06. The molecule has 24 heavy (non-hydrogen) atoms. The third-order valence-corrected chi connectivity index (χ3v) is 4.58. The van der Waals surface area contributed by atoms with Crippen molar-refractivity contribution in [2.45, 2.75) is 13.3 Å². The number of halogens is 1. The third kappa shape index (κ3) is 2.56. The summed E-state index contributed by atoms with van der Waals surface area (Å²) in [5.74, 6) is 1.94. The van der Waals surface area contributed by atoms with E-state index in [1.54, 1.807) is 18.2 Å². The Morgan fingerprint density at radius 2 is 2.08 bits per heavy atom. The highest BCUT2D eigenvalue weighted by Gasteiger charge is 2.28. The first-order valence-electron chi connectivity index (χ1n) is 8.18. The van der Waals surface area contributed by atoms with Crippen LogP contribution < -0.4 is 9.88 Å². The molecule has 0 radical (unpaired) electrons. The van der Waals surface area contributed by atoms with E-state index in [9.17, 15) is 9.50 Å². The number of phenols is 1. The van der Waals surface area contributed by atoms with E-state index < -0.39 is 0 Å². The van der Waals surface area contributed by atoms with E-state index in [0.29, 0.717) is 22.8 Å². The summed E-state index contributed by atoms with van der Waals surface area (Å²) >= 11 is 0. The van der Waals surface area contributed by atoms with Crippen LogP contribution in [0.5, 0.6) is 5.75 Å². The van der Waals surface area contributed by atoms with Crippen molar-refractivity contribution in [1.29, 1.82) is 0 Å². The number of hydrogen-bond donors (Lipinski definition) is 1. The van der Waals surface area contributed by atoms with Gasteiger partial charge in [0.1, 0.15) is 11.6 Å². The molecular formula is C19H19FN3O+. The lowest BCUT2D eigenvalue weighted by Crippen LogP contribution is -2.28. The summed E-state index contributed by atoms with van der Waals surface area (Å²) in [7, 11) is 0. The predicted octanol–water partition coefficient (Wildman–Crippen LogP) is 3.41. The Labute approximate surface area is 139 Å². The Bertz CT molecular complexity index is 912. The van der Waals surface area contributed by atoms with Crippen molar-refractivity contribution in [3.05, 3.63) is 48.3 Å². The fourth-order valence-corrected chi connectivity index (χ4v) is 3.31. The molecule has 1 fully saturated rings. The number of H-pyrrole nitrogens is 1. The van der Waals surface area contributed by atoms with Crippen LogP contribution in [0.4, 0.5) is 10.2 Å². The molecule has 3 aromatic rings. The van der Waals surface area contributed by atoms with E-state index in [1.165, 1.54) is 12.1 Å². The van der Waals surface area contributed by atoms with Gasteiger partial charge in [0.05, 0.1) is 24.0 Å². The smallest absolute Gasteiger partial charge is 0.272 e. The standard InChI is InChI=1S/C19H18FN3O/c1-12-8-9-23(11-12)19-15-10-13(20)6-7-16(15)21-18(22-19)14-4-2-3-5-17(14)24/h2-7,10,12,24H,8-9,11H2,1H3/p+1/t12-/m1/s1. The van der Waals surface area contributed by atoms with Crippen molar-refractivity contribution in [3.63, 3.8) is 0 Å². The third-order valence-electron chi connectivity index (χ3n) is 4.58. The molecule has 5 heteroatoms. The van der Waals surface area contributed by atoms with Gasteiger partial charge in [0.15, 0.2) is 5.52 Å². The van der Waals surface area contributed by atoms with Gasteiger partial charge in [0.2, 0.25) is 5.82 Å². The Hall–Kier alpha value is -2.69. The van der Waals surface area contributed by atoms with E-state index in [4.69, 9.17) is 0 Å². The second kappa shape index (κ2) is 5.74. The van der Waals surface area contributed by atoms with Crippen LogP contribution in [-0.2, 0) is 0 Å². The number of aromatic hydroxyl groups is 1. The van der Waals surface area contributed by atoms with E-state index >= 15 is 0 Å². The number of nitrogens with one attached hydrogen (secondary N) is 1. The average molecular weight is 324 g/mol. The highest BCUT2D eigenvalue weighted by atomic mass is 19.1. The lowest BCUT2D eigenvalue weighted by Gasteiger charge is -2.14. The minimum absolute atomic E-state index is 0.170. The van der Waals surface area contributed by atoms with Gasteiger partial charge in [0.25, 0.3) is 5.82 Å². The number of benzene rings is 2. The van der Waals surface area contributed by atoms with Crippen molar-refractivity contribution in [2.75, 3.05) is 18.0 Å². The number of nitrogens with zero attached hydrogens (tertiary/aromatic N) is 2. The number of fused-ring (bicyclic) bond motifs is 1. The maximum atomic E-state index is 13.8. The lowest BCUT2D eigenvalue weighted by atomic mass is 10.1. The number of para-hydroxylation sites is 1. The fraction of sp³-hybridized carbons (Fsp3) is 0.263. The second-order valence-electron chi connectivity index (χ2n) is 6.45. The molecule has 4 nitrogen and oxygen atoms in total.